The van der Waals surface area contributed by atoms with Crippen LogP contribution in [0.4, 0.5) is 8.78 Å². The number of hydrogen-bond acceptors (Lipinski definition) is 4. The van der Waals surface area contributed by atoms with Gasteiger partial charge < -0.3 is 20.6 Å². The van der Waals surface area contributed by atoms with E-state index in [1.54, 1.807) is 0 Å². The Bertz CT molecular complexity index is 1230. The van der Waals surface area contributed by atoms with Crippen molar-refractivity contribution in [2.75, 3.05) is 20.1 Å². The highest BCUT2D eigenvalue weighted by molar-refractivity contribution is 14.1. The second kappa shape index (κ2) is 18.7. The SMILES string of the molecule is CCCCN(C)Cc1cc(C)cc(C(=O)N[C@@H](Cc2cc(F)cc(F)c2)[C@H](O)CNCc2cccc(I)c2)c1.Cl.Cl. The zero-order chi connectivity index (χ0) is 28.4. The quantitative estimate of drug-likeness (QED) is 0.168. The van der Waals surface area contributed by atoms with E-state index in [0.717, 1.165) is 52.3 Å². The van der Waals surface area contributed by atoms with Crippen molar-refractivity contribution in [2.24, 2.45) is 0 Å². The number of nitrogens with one attached hydrogen (secondary N) is 2. The Labute approximate surface area is 268 Å². The van der Waals surface area contributed by atoms with Gasteiger partial charge in [0.1, 0.15) is 11.6 Å². The van der Waals surface area contributed by atoms with Gasteiger partial charge >= 0.3 is 0 Å². The zero-order valence-electron chi connectivity index (χ0n) is 23.6. The van der Waals surface area contributed by atoms with Gasteiger partial charge in [-0.2, -0.15) is 0 Å². The molecule has 2 atom stereocenters. The van der Waals surface area contributed by atoms with E-state index in [1.807, 2.05) is 43.3 Å². The van der Waals surface area contributed by atoms with Crippen LogP contribution in [-0.2, 0) is 19.5 Å². The first-order chi connectivity index (χ1) is 18.6. The van der Waals surface area contributed by atoms with Crippen molar-refractivity contribution in [3.05, 3.63) is 104 Å². The topological polar surface area (TPSA) is 64.6 Å². The molecule has 0 bridgehead atoms. The predicted molar refractivity (Wildman–Crippen MR) is 175 cm³/mol. The van der Waals surface area contributed by atoms with Crippen LogP contribution < -0.4 is 10.6 Å². The molecule has 226 valence electrons. The first-order valence-corrected chi connectivity index (χ1v) is 14.4. The summed E-state index contributed by atoms with van der Waals surface area (Å²) in [5.74, 6) is -1.73. The number of carbonyl (C=O) groups is 1. The first kappa shape index (κ1) is 37.2. The number of nitrogens with zero attached hydrogens (tertiary/aromatic N) is 1. The predicted octanol–water partition coefficient (Wildman–Crippen LogP) is 6.45. The number of rotatable bonds is 14. The van der Waals surface area contributed by atoms with Gasteiger partial charge in [-0.05, 0) is 109 Å². The third kappa shape index (κ3) is 12.9. The molecule has 41 heavy (non-hydrogen) atoms. The summed E-state index contributed by atoms with van der Waals surface area (Å²) in [6.45, 7) is 6.52. The maximum absolute atomic E-state index is 13.9. The summed E-state index contributed by atoms with van der Waals surface area (Å²) in [6.07, 6.45) is 1.30. The fourth-order valence-electron chi connectivity index (χ4n) is 4.57. The summed E-state index contributed by atoms with van der Waals surface area (Å²) < 4.78 is 28.9. The Morgan fingerprint density at radius 3 is 2.37 bits per heavy atom. The molecule has 0 aromatic heterocycles. The standard InChI is InChI=1S/C31H38F2IN3O2.2ClH/c1-4-5-9-37(3)20-24-10-21(2)11-25(12-24)31(39)36-29(16-23-13-26(32)17-27(33)14-23)30(38)19-35-18-22-7-6-8-28(34)15-22;;/h6-8,10-15,17,29-30,35,38H,4-5,9,16,18-20H2,1-3H3,(H,36,39);2*1H/t29-,30+;;/m0../s1. The molecule has 0 heterocycles. The van der Waals surface area contributed by atoms with E-state index in [-0.39, 0.29) is 43.7 Å². The van der Waals surface area contributed by atoms with Crippen LogP contribution in [0.1, 0.15) is 52.4 Å². The van der Waals surface area contributed by atoms with Gasteiger partial charge in [0.05, 0.1) is 12.1 Å². The van der Waals surface area contributed by atoms with Gasteiger partial charge in [0, 0.05) is 34.8 Å². The molecule has 1 amide bonds. The van der Waals surface area contributed by atoms with Gasteiger partial charge in [0.25, 0.3) is 5.91 Å². The number of aryl methyl sites for hydroxylation is 1. The number of amides is 1. The Morgan fingerprint density at radius 1 is 1.00 bits per heavy atom. The normalized spacial score (nSPS) is 12.3. The molecule has 0 radical (unpaired) electrons. The summed E-state index contributed by atoms with van der Waals surface area (Å²) >= 11 is 2.25. The summed E-state index contributed by atoms with van der Waals surface area (Å²) in [5, 5.41) is 17.2. The number of benzene rings is 3. The Morgan fingerprint density at radius 2 is 1.71 bits per heavy atom. The average Bonchev–Trinajstić information content (AvgIpc) is 2.86. The van der Waals surface area contributed by atoms with Crippen molar-refractivity contribution in [3.8, 4) is 0 Å². The number of aliphatic hydroxyl groups is 1. The minimum absolute atomic E-state index is 0. The molecule has 0 spiro atoms. The van der Waals surface area contributed by atoms with Crippen molar-refractivity contribution >= 4 is 53.3 Å². The van der Waals surface area contributed by atoms with Crippen LogP contribution >= 0.6 is 47.4 Å². The zero-order valence-corrected chi connectivity index (χ0v) is 27.4. The Hall–Kier alpha value is -1.82. The van der Waals surface area contributed by atoms with Crippen molar-refractivity contribution < 1.29 is 18.7 Å². The van der Waals surface area contributed by atoms with E-state index in [2.05, 4.69) is 58.2 Å². The molecule has 0 unspecified atom stereocenters. The molecule has 0 aliphatic carbocycles. The lowest BCUT2D eigenvalue weighted by Crippen LogP contribution is -2.48. The number of carbonyl (C=O) groups excluding carboxylic acids is 1. The molecule has 0 aliphatic heterocycles. The van der Waals surface area contributed by atoms with Crippen LogP contribution in [0.3, 0.4) is 0 Å². The summed E-state index contributed by atoms with van der Waals surface area (Å²) in [6, 6.07) is 16.2. The largest absolute Gasteiger partial charge is 0.390 e. The summed E-state index contributed by atoms with van der Waals surface area (Å²) in [5.41, 5.74) is 3.91. The molecule has 3 aromatic rings. The highest BCUT2D eigenvalue weighted by Crippen LogP contribution is 2.16. The van der Waals surface area contributed by atoms with Crippen molar-refractivity contribution in [1.29, 1.82) is 0 Å². The number of hydrogen-bond donors (Lipinski definition) is 3. The van der Waals surface area contributed by atoms with Gasteiger partial charge in [-0.1, -0.05) is 37.1 Å². The fourth-order valence-corrected chi connectivity index (χ4v) is 5.18. The maximum Gasteiger partial charge on any atom is 0.251 e. The van der Waals surface area contributed by atoms with Gasteiger partial charge in [-0.15, -0.1) is 24.8 Å². The van der Waals surface area contributed by atoms with Crippen molar-refractivity contribution in [1.82, 2.24) is 15.5 Å². The Balaban J connectivity index is 0.00000420. The van der Waals surface area contributed by atoms with E-state index in [1.165, 1.54) is 12.1 Å². The van der Waals surface area contributed by atoms with E-state index in [4.69, 9.17) is 0 Å². The third-order valence-corrected chi connectivity index (χ3v) is 7.15. The Kier molecular flexibility index (Phi) is 16.9. The summed E-state index contributed by atoms with van der Waals surface area (Å²) in [7, 11) is 2.06. The van der Waals surface area contributed by atoms with E-state index in [9.17, 15) is 18.7 Å². The minimum Gasteiger partial charge on any atom is -0.390 e. The van der Waals surface area contributed by atoms with Crippen LogP contribution in [0.2, 0.25) is 0 Å². The molecule has 3 rings (SSSR count). The fraction of sp³-hybridized carbons (Fsp3) is 0.387. The first-order valence-electron chi connectivity index (χ1n) is 13.3. The maximum atomic E-state index is 13.9. The number of aliphatic hydroxyl groups excluding tert-OH is 1. The molecule has 0 fully saturated rings. The second-order valence-corrected chi connectivity index (χ2v) is 11.4. The lowest BCUT2D eigenvalue weighted by molar-refractivity contribution is 0.0829. The molecule has 10 heteroatoms. The molecule has 0 aliphatic rings. The number of unbranched alkanes of at least 4 members (excludes halogenated alkanes) is 1. The van der Waals surface area contributed by atoms with Gasteiger partial charge in [-0.25, -0.2) is 8.78 Å². The van der Waals surface area contributed by atoms with E-state index < -0.39 is 23.8 Å². The van der Waals surface area contributed by atoms with Crippen molar-refractivity contribution in [2.45, 2.75) is 58.3 Å². The van der Waals surface area contributed by atoms with Crippen LogP contribution in [0.15, 0.2) is 60.7 Å². The molecule has 0 saturated carbocycles. The molecule has 5 nitrogen and oxygen atoms in total. The molecular formula is C31H40Cl2F2IN3O2. The number of halogens is 5. The third-order valence-electron chi connectivity index (χ3n) is 6.48. The van der Waals surface area contributed by atoms with Crippen molar-refractivity contribution in [3.63, 3.8) is 0 Å². The lowest BCUT2D eigenvalue weighted by atomic mass is 9.99. The smallest absolute Gasteiger partial charge is 0.251 e. The molecular weight excluding hydrogens is 682 g/mol. The van der Waals surface area contributed by atoms with Gasteiger partial charge in [0.15, 0.2) is 0 Å². The molecule has 3 aromatic carbocycles. The molecule has 3 N–H and O–H groups in total. The monoisotopic (exact) mass is 721 g/mol. The average molecular weight is 722 g/mol. The minimum atomic E-state index is -0.993. The lowest BCUT2D eigenvalue weighted by Gasteiger charge is -2.25. The van der Waals surface area contributed by atoms with E-state index in [0.29, 0.717) is 17.7 Å². The van der Waals surface area contributed by atoms with E-state index >= 15 is 0 Å². The second-order valence-electron chi connectivity index (χ2n) is 10.2. The van der Waals surface area contributed by atoms with Gasteiger partial charge in [0.2, 0.25) is 0 Å². The highest BCUT2D eigenvalue weighted by atomic mass is 127. The van der Waals surface area contributed by atoms with Crippen LogP contribution in [0, 0.1) is 22.1 Å². The van der Waals surface area contributed by atoms with Crippen LogP contribution in [0.5, 0.6) is 0 Å². The van der Waals surface area contributed by atoms with Gasteiger partial charge in [-0.3, -0.25) is 4.79 Å². The summed E-state index contributed by atoms with van der Waals surface area (Å²) in [4.78, 5) is 15.6. The molecule has 0 saturated heterocycles. The van der Waals surface area contributed by atoms with Crippen LogP contribution in [0.25, 0.3) is 0 Å². The van der Waals surface area contributed by atoms with Crippen LogP contribution in [-0.4, -0.2) is 48.2 Å². The highest BCUT2D eigenvalue weighted by Gasteiger charge is 2.23.